The number of aromatic carboxylic acids is 1. The molecular formula is C9H6BrN3O2. The molecule has 76 valence electrons. The van der Waals surface area contributed by atoms with Crippen molar-refractivity contribution in [1.29, 1.82) is 0 Å². The summed E-state index contributed by atoms with van der Waals surface area (Å²) in [5.74, 6) is -1.03. The van der Waals surface area contributed by atoms with E-state index in [1.165, 1.54) is 6.07 Å². The van der Waals surface area contributed by atoms with E-state index in [0.29, 0.717) is 5.69 Å². The van der Waals surface area contributed by atoms with Crippen molar-refractivity contribution in [1.82, 2.24) is 15.2 Å². The predicted octanol–water partition coefficient (Wildman–Crippen LogP) is 1.93. The molecule has 0 aliphatic carbocycles. The third kappa shape index (κ3) is 2.04. The van der Waals surface area contributed by atoms with Crippen molar-refractivity contribution in [2.45, 2.75) is 0 Å². The number of H-pyrrole nitrogens is 1. The van der Waals surface area contributed by atoms with Gasteiger partial charge in [-0.25, -0.2) is 9.78 Å². The molecule has 0 saturated carbocycles. The number of hydrogen-bond acceptors (Lipinski definition) is 3. The Morgan fingerprint density at radius 1 is 1.47 bits per heavy atom. The maximum absolute atomic E-state index is 10.6. The summed E-state index contributed by atoms with van der Waals surface area (Å²) in [6.45, 7) is 0. The van der Waals surface area contributed by atoms with Crippen LogP contribution in [0.25, 0.3) is 11.3 Å². The molecule has 0 unspecified atom stereocenters. The highest BCUT2D eigenvalue weighted by molar-refractivity contribution is 9.10. The summed E-state index contributed by atoms with van der Waals surface area (Å²) in [6.07, 6.45) is 1.62. The van der Waals surface area contributed by atoms with Crippen LogP contribution in [0.4, 0.5) is 0 Å². The number of pyridine rings is 1. The molecule has 0 amide bonds. The first-order chi connectivity index (χ1) is 7.16. The van der Waals surface area contributed by atoms with Crippen LogP contribution in [0.1, 0.15) is 10.5 Å². The lowest BCUT2D eigenvalue weighted by molar-refractivity contribution is 0.0690. The fraction of sp³-hybridized carbons (Fsp3) is 0. The molecule has 2 N–H and O–H groups in total. The minimum absolute atomic E-state index is 0.0629. The minimum Gasteiger partial charge on any atom is -0.477 e. The molecule has 0 saturated heterocycles. The largest absolute Gasteiger partial charge is 0.477 e. The Hall–Kier alpha value is -1.69. The second kappa shape index (κ2) is 3.82. The lowest BCUT2D eigenvalue weighted by Crippen LogP contribution is -1.95. The molecular weight excluding hydrogens is 262 g/mol. The van der Waals surface area contributed by atoms with Crippen LogP contribution in [0.15, 0.2) is 29.0 Å². The van der Waals surface area contributed by atoms with Gasteiger partial charge in [0.25, 0.3) is 0 Å². The molecule has 2 heterocycles. The summed E-state index contributed by atoms with van der Waals surface area (Å²) in [4.78, 5) is 14.6. The van der Waals surface area contributed by atoms with E-state index >= 15 is 0 Å². The lowest BCUT2D eigenvalue weighted by atomic mass is 10.2. The molecule has 0 aliphatic rings. The fourth-order valence-electron chi connectivity index (χ4n) is 1.11. The maximum Gasteiger partial charge on any atom is 0.353 e. The first-order valence-corrected chi connectivity index (χ1v) is 4.87. The smallest absolute Gasteiger partial charge is 0.353 e. The van der Waals surface area contributed by atoms with Crippen LogP contribution in [0, 0.1) is 0 Å². The molecule has 0 aromatic carbocycles. The quantitative estimate of drug-likeness (QED) is 0.815. The van der Waals surface area contributed by atoms with Crippen LogP contribution in [-0.4, -0.2) is 26.3 Å². The Labute approximate surface area is 93.3 Å². The Balaban J connectivity index is 2.37. The number of carboxylic acid groups (broad SMARTS) is 1. The molecule has 2 aromatic heterocycles. The van der Waals surface area contributed by atoms with Gasteiger partial charge in [0.05, 0.1) is 5.69 Å². The van der Waals surface area contributed by atoms with Gasteiger partial charge in [0, 0.05) is 11.8 Å². The molecule has 15 heavy (non-hydrogen) atoms. The lowest BCUT2D eigenvalue weighted by Gasteiger charge is -1.94. The molecule has 2 rings (SSSR count). The normalized spacial score (nSPS) is 10.2. The number of rotatable bonds is 2. The summed E-state index contributed by atoms with van der Waals surface area (Å²) in [5.41, 5.74) is 1.39. The Morgan fingerprint density at radius 2 is 2.27 bits per heavy atom. The fourth-order valence-corrected chi connectivity index (χ4v) is 1.34. The van der Waals surface area contributed by atoms with Crippen molar-refractivity contribution >= 4 is 21.9 Å². The van der Waals surface area contributed by atoms with Crippen molar-refractivity contribution in [3.8, 4) is 11.3 Å². The second-order valence-corrected chi connectivity index (χ2v) is 3.65. The predicted molar refractivity (Wildman–Crippen MR) is 56.5 cm³/mol. The average Bonchev–Trinajstić information content (AvgIpc) is 2.68. The summed E-state index contributed by atoms with van der Waals surface area (Å²) < 4.78 is 0.722. The average molecular weight is 268 g/mol. The van der Waals surface area contributed by atoms with E-state index < -0.39 is 5.97 Å². The standard InChI is InChI=1S/C9H6BrN3O2/c10-8-2-1-5(4-11-8)6-3-7(9(14)15)13-12-6/h1-4H,(H,12,13)(H,14,15). The van der Waals surface area contributed by atoms with Crippen LogP contribution in [0.3, 0.4) is 0 Å². The van der Waals surface area contributed by atoms with Gasteiger partial charge in [-0.3, -0.25) is 5.10 Å². The molecule has 0 radical (unpaired) electrons. The van der Waals surface area contributed by atoms with E-state index in [4.69, 9.17) is 5.11 Å². The van der Waals surface area contributed by atoms with E-state index in [1.807, 2.05) is 0 Å². The van der Waals surface area contributed by atoms with Crippen molar-refractivity contribution in [3.63, 3.8) is 0 Å². The first kappa shape index (κ1) is 9.85. The summed E-state index contributed by atoms with van der Waals surface area (Å²) in [6, 6.07) is 5.04. The van der Waals surface area contributed by atoms with E-state index in [1.54, 1.807) is 18.3 Å². The van der Waals surface area contributed by atoms with Gasteiger partial charge in [0.15, 0.2) is 0 Å². The van der Waals surface area contributed by atoms with Gasteiger partial charge in [0.1, 0.15) is 10.3 Å². The number of aromatic nitrogens is 3. The van der Waals surface area contributed by atoms with Gasteiger partial charge >= 0.3 is 5.97 Å². The van der Waals surface area contributed by atoms with Crippen molar-refractivity contribution in [3.05, 3.63) is 34.7 Å². The van der Waals surface area contributed by atoms with E-state index in [2.05, 4.69) is 31.1 Å². The van der Waals surface area contributed by atoms with Crippen LogP contribution in [0.5, 0.6) is 0 Å². The zero-order valence-corrected chi connectivity index (χ0v) is 9.02. The molecule has 6 heteroatoms. The number of halogens is 1. The van der Waals surface area contributed by atoms with E-state index in [9.17, 15) is 4.79 Å². The number of nitrogens with zero attached hydrogens (tertiary/aromatic N) is 2. The summed E-state index contributed by atoms with van der Waals surface area (Å²) >= 11 is 3.21. The number of carbonyl (C=O) groups is 1. The number of aromatic amines is 1. The van der Waals surface area contributed by atoms with Crippen molar-refractivity contribution < 1.29 is 9.90 Å². The van der Waals surface area contributed by atoms with Crippen LogP contribution < -0.4 is 0 Å². The van der Waals surface area contributed by atoms with Gasteiger partial charge in [0.2, 0.25) is 0 Å². The number of hydrogen-bond donors (Lipinski definition) is 2. The molecule has 0 spiro atoms. The Bertz CT molecular complexity index is 492. The van der Waals surface area contributed by atoms with Crippen LogP contribution in [0.2, 0.25) is 0 Å². The monoisotopic (exact) mass is 267 g/mol. The molecule has 0 bridgehead atoms. The van der Waals surface area contributed by atoms with Gasteiger partial charge in [-0.15, -0.1) is 0 Å². The molecule has 0 fully saturated rings. The molecule has 0 aliphatic heterocycles. The topological polar surface area (TPSA) is 78.9 Å². The third-order valence-electron chi connectivity index (χ3n) is 1.83. The summed E-state index contributed by atoms with van der Waals surface area (Å²) in [5, 5.41) is 15.0. The van der Waals surface area contributed by atoms with Gasteiger partial charge in [-0.1, -0.05) is 0 Å². The first-order valence-electron chi connectivity index (χ1n) is 4.07. The SMILES string of the molecule is O=C(O)c1cc(-c2ccc(Br)nc2)n[nH]1. The van der Waals surface area contributed by atoms with Crippen molar-refractivity contribution in [2.24, 2.45) is 0 Å². The summed E-state index contributed by atoms with van der Waals surface area (Å²) in [7, 11) is 0. The zero-order chi connectivity index (χ0) is 10.8. The van der Waals surface area contributed by atoms with Gasteiger partial charge in [-0.2, -0.15) is 5.10 Å². The number of nitrogens with one attached hydrogen (secondary N) is 1. The Morgan fingerprint density at radius 3 is 2.80 bits per heavy atom. The van der Waals surface area contributed by atoms with Gasteiger partial charge < -0.3 is 5.11 Å². The van der Waals surface area contributed by atoms with Gasteiger partial charge in [-0.05, 0) is 34.1 Å². The Kier molecular flexibility index (Phi) is 2.51. The number of carboxylic acids is 1. The second-order valence-electron chi connectivity index (χ2n) is 2.84. The van der Waals surface area contributed by atoms with E-state index in [-0.39, 0.29) is 5.69 Å². The van der Waals surface area contributed by atoms with E-state index in [0.717, 1.165) is 10.2 Å². The molecule has 0 atom stereocenters. The third-order valence-corrected chi connectivity index (χ3v) is 2.30. The minimum atomic E-state index is -1.03. The highest BCUT2D eigenvalue weighted by Gasteiger charge is 2.08. The van der Waals surface area contributed by atoms with Crippen LogP contribution in [-0.2, 0) is 0 Å². The zero-order valence-electron chi connectivity index (χ0n) is 7.44. The highest BCUT2D eigenvalue weighted by atomic mass is 79.9. The highest BCUT2D eigenvalue weighted by Crippen LogP contribution is 2.18. The molecule has 5 nitrogen and oxygen atoms in total. The maximum atomic E-state index is 10.6. The van der Waals surface area contributed by atoms with Crippen LogP contribution >= 0.6 is 15.9 Å². The van der Waals surface area contributed by atoms with Crippen molar-refractivity contribution in [2.75, 3.05) is 0 Å². The molecule has 2 aromatic rings.